The molecule has 2 nitrogen and oxygen atoms in total. The highest BCUT2D eigenvalue weighted by Gasteiger charge is 1.97. The number of thioether (sulfide) groups is 1. The molecular formula is C10H16N2S. The summed E-state index contributed by atoms with van der Waals surface area (Å²) in [5.41, 5.74) is 12.1. The summed E-state index contributed by atoms with van der Waals surface area (Å²) in [5, 5.41) is 0. The number of para-hydroxylation sites is 1. The fourth-order valence-electron chi connectivity index (χ4n) is 1.04. The molecule has 0 atom stereocenters. The molecule has 1 aromatic rings. The Hall–Kier alpha value is -0.670. The zero-order valence-corrected chi connectivity index (χ0v) is 8.52. The first-order valence-corrected chi connectivity index (χ1v) is 5.50. The minimum absolute atomic E-state index is 0.783. The minimum Gasteiger partial charge on any atom is -0.398 e. The summed E-state index contributed by atoms with van der Waals surface area (Å²) in [6.45, 7) is 0.783. The number of anilines is 1. The number of benzene rings is 1. The van der Waals surface area contributed by atoms with Gasteiger partial charge in [0.1, 0.15) is 0 Å². The van der Waals surface area contributed by atoms with Crippen LogP contribution in [0.4, 0.5) is 5.69 Å². The van der Waals surface area contributed by atoms with Crippen LogP contribution in [0.15, 0.2) is 29.2 Å². The lowest BCUT2D eigenvalue weighted by Gasteiger charge is -2.03. The second-order valence-electron chi connectivity index (χ2n) is 2.88. The van der Waals surface area contributed by atoms with Crippen molar-refractivity contribution in [2.75, 3.05) is 18.0 Å². The molecule has 0 heterocycles. The highest BCUT2D eigenvalue weighted by Crippen LogP contribution is 2.24. The number of nitrogen functional groups attached to an aromatic ring is 1. The van der Waals surface area contributed by atoms with E-state index < -0.39 is 0 Å². The van der Waals surface area contributed by atoms with Gasteiger partial charge in [-0.1, -0.05) is 12.1 Å². The minimum atomic E-state index is 0.783. The van der Waals surface area contributed by atoms with E-state index in [1.54, 1.807) is 11.8 Å². The van der Waals surface area contributed by atoms with Crippen molar-refractivity contribution in [2.45, 2.75) is 17.7 Å². The zero-order valence-electron chi connectivity index (χ0n) is 7.70. The number of hydrogen-bond donors (Lipinski definition) is 2. The van der Waals surface area contributed by atoms with Crippen LogP contribution < -0.4 is 11.5 Å². The molecule has 4 N–H and O–H groups in total. The Labute approximate surface area is 83.7 Å². The molecule has 0 aliphatic heterocycles. The molecule has 0 aromatic heterocycles. The second kappa shape index (κ2) is 5.89. The Kier molecular flexibility index (Phi) is 4.72. The van der Waals surface area contributed by atoms with Gasteiger partial charge >= 0.3 is 0 Å². The maximum Gasteiger partial charge on any atom is 0.0452 e. The van der Waals surface area contributed by atoms with Gasteiger partial charge in [0.15, 0.2) is 0 Å². The normalized spacial score (nSPS) is 10.2. The van der Waals surface area contributed by atoms with E-state index in [2.05, 4.69) is 6.07 Å². The van der Waals surface area contributed by atoms with Gasteiger partial charge < -0.3 is 11.5 Å². The van der Waals surface area contributed by atoms with E-state index in [1.165, 1.54) is 4.90 Å². The van der Waals surface area contributed by atoms with Crippen LogP contribution in [0.3, 0.4) is 0 Å². The summed E-state index contributed by atoms with van der Waals surface area (Å²) in [6, 6.07) is 7.97. The van der Waals surface area contributed by atoms with Gasteiger partial charge in [-0.2, -0.15) is 0 Å². The molecule has 0 saturated heterocycles. The average molecular weight is 196 g/mol. The maximum absolute atomic E-state index is 5.79. The molecule has 1 aromatic carbocycles. The molecule has 0 aliphatic carbocycles. The predicted molar refractivity (Wildman–Crippen MR) is 59.9 cm³/mol. The molecule has 1 rings (SSSR count). The van der Waals surface area contributed by atoms with Gasteiger partial charge in [-0.15, -0.1) is 11.8 Å². The first-order valence-electron chi connectivity index (χ1n) is 4.52. The third-order valence-corrected chi connectivity index (χ3v) is 2.95. The Morgan fingerprint density at radius 2 is 1.92 bits per heavy atom. The number of hydrogen-bond acceptors (Lipinski definition) is 3. The van der Waals surface area contributed by atoms with Crippen LogP contribution >= 0.6 is 11.8 Å². The highest BCUT2D eigenvalue weighted by atomic mass is 32.2. The van der Waals surface area contributed by atoms with Gasteiger partial charge in [0.25, 0.3) is 0 Å². The predicted octanol–water partition coefficient (Wildman–Crippen LogP) is 2.10. The van der Waals surface area contributed by atoms with Crippen molar-refractivity contribution < 1.29 is 0 Å². The first kappa shape index (κ1) is 10.4. The Balaban J connectivity index is 2.32. The second-order valence-corrected chi connectivity index (χ2v) is 4.02. The lowest BCUT2D eigenvalue weighted by atomic mass is 10.3. The van der Waals surface area contributed by atoms with E-state index in [4.69, 9.17) is 11.5 Å². The SMILES string of the molecule is NCCCCSc1ccccc1N. The summed E-state index contributed by atoms with van der Waals surface area (Å²) >= 11 is 1.81. The van der Waals surface area contributed by atoms with Crippen LogP contribution in [-0.2, 0) is 0 Å². The van der Waals surface area contributed by atoms with Gasteiger partial charge in [-0.05, 0) is 37.3 Å². The molecule has 0 radical (unpaired) electrons. The standard InChI is InChI=1S/C10H16N2S/c11-7-3-4-8-13-10-6-2-1-5-9(10)12/h1-2,5-6H,3-4,7-8,11-12H2. The van der Waals surface area contributed by atoms with Gasteiger partial charge in [-0.3, -0.25) is 0 Å². The molecular weight excluding hydrogens is 180 g/mol. The molecule has 0 aliphatic rings. The van der Waals surface area contributed by atoms with E-state index in [1.807, 2.05) is 18.2 Å². The molecule has 0 amide bonds. The number of rotatable bonds is 5. The highest BCUT2D eigenvalue weighted by molar-refractivity contribution is 7.99. The number of unbranched alkanes of at least 4 members (excludes halogenated alkanes) is 1. The maximum atomic E-state index is 5.79. The summed E-state index contributed by atoms with van der Waals surface area (Å²) in [7, 11) is 0. The fraction of sp³-hybridized carbons (Fsp3) is 0.400. The summed E-state index contributed by atoms with van der Waals surface area (Å²) in [5.74, 6) is 1.10. The summed E-state index contributed by atoms with van der Waals surface area (Å²) in [6.07, 6.45) is 2.26. The molecule has 0 fully saturated rings. The number of nitrogens with two attached hydrogens (primary N) is 2. The van der Waals surface area contributed by atoms with E-state index in [9.17, 15) is 0 Å². The third kappa shape index (κ3) is 3.70. The van der Waals surface area contributed by atoms with Gasteiger partial charge in [0.2, 0.25) is 0 Å². The largest absolute Gasteiger partial charge is 0.398 e. The van der Waals surface area contributed by atoms with Gasteiger partial charge in [-0.25, -0.2) is 0 Å². The molecule has 3 heteroatoms. The quantitative estimate of drug-likeness (QED) is 0.431. The van der Waals surface area contributed by atoms with Crippen molar-refractivity contribution in [3.05, 3.63) is 24.3 Å². The molecule has 13 heavy (non-hydrogen) atoms. The lowest BCUT2D eigenvalue weighted by molar-refractivity contribution is 0.814. The zero-order chi connectivity index (χ0) is 9.52. The van der Waals surface area contributed by atoms with Crippen molar-refractivity contribution in [2.24, 2.45) is 5.73 Å². The first-order chi connectivity index (χ1) is 6.34. The summed E-state index contributed by atoms with van der Waals surface area (Å²) < 4.78 is 0. The molecule has 0 unspecified atom stereocenters. The van der Waals surface area contributed by atoms with E-state index in [0.29, 0.717) is 0 Å². The van der Waals surface area contributed by atoms with Crippen molar-refractivity contribution in [3.8, 4) is 0 Å². The van der Waals surface area contributed by atoms with Crippen LogP contribution in [0.5, 0.6) is 0 Å². The smallest absolute Gasteiger partial charge is 0.0452 e. The van der Waals surface area contributed by atoms with Crippen LogP contribution in [0.1, 0.15) is 12.8 Å². The van der Waals surface area contributed by atoms with Crippen LogP contribution in [-0.4, -0.2) is 12.3 Å². The monoisotopic (exact) mass is 196 g/mol. The molecule has 0 spiro atoms. The molecule has 0 bridgehead atoms. The van der Waals surface area contributed by atoms with E-state index in [0.717, 1.165) is 30.8 Å². The van der Waals surface area contributed by atoms with E-state index in [-0.39, 0.29) is 0 Å². The topological polar surface area (TPSA) is 52.0 Å². The van der Waals surface area contributed by atoms with Crippen LogP contribution in [0, 0.1) is 0 Å². The molecule has 72 valence electrons. The van der Waals surface area contributed by atoms with Gasteiger partial charge in [0, 0.05) is 10.6 Å². The lowest BCUT2D eigenvalue weighted by Crippen LogP contribution is -1.98. The summed E-state index contributed by atoms with van der Waals surface area (Å²) in [4.78, 5) is 1.18. The third-order valence-electron chi connectivity index (χ3n) is 1.78. The van der Waals surface area contributed by atoms with Crippen molar-refractivity contribution in [1.29, 1.82) is 0 Å². The molecule has 0 saturated carbocycles. The van der Waals surface area contributed by atoms with Crippen molar-refractivity contribution >= 4 is 17.4 Å². The van der Waals surface area contributed by atoms with Crippen LogP contribution in [0.2, 0.25) is 0 Å². The van der Waals surface area contributed by atoms with Crippen molar-refractivity contribution in [1.82, 2.24) is 0 Å². The van der Waals surface area contributed by atoms with Crippen LogP contribution in [0.25, 0.3) is 0 Å². The van der Waals surface area contributed by atoms with Crippen molar-refractivity contribution in [3.63, 3.8) is 0 Å². The fourth-order valence-corrected chi connectivity index (χ4v) is 2.02. The average Bonchev–Trinajstić information content (AvgIpc) is 2.15. The Bertz CT molecular complexity index is 250. The van der Waals surface area contributed by atoms with Gasteiger partial charge in [0.05, 0.1) is 0 Å². The Morgan fingerprint density at radius 1 is 1.15 bits per heavy atom. The Morgan fingerprint density at radius 3 is 2.62 bits per heavy atom. The van der Waals surface area contributed by atoms with E-state index >= 15 is 0 Å².